The molecule has 1 aromatic carbocycles. The quantitative estimate of drug-likeness (QED) is 0.741. The van der Waals surface area contributed by atoms with Gasteiger partial charge in [0.15, 0.2) is 0 Å². The van der Waals surface area contributed by atoms with Crippen LogP contribution in [0.25, 0.3) is 0 Å². The van der Waals surface area contributed by atoms with Crippen LogP contribution in [0.4, 0.5) is 0 Å². The van der Waals surface area contributed by atoms with E-state index in [1.54, 1.807) is 4.90 Å². The second-order valence-electron chi connectivity index (χ2n) is 5.91. The van der Waals surface area contributed by atoms with Crippen LogP contribution in [0, 0.1) is 0 Å². The smallest absolute Gasteiger partial charge is 0.127 e. The van der Waals surface area contributed by atoms with Crippen LogP contribution < -0.4 is 9.80 Å². The second kappa shape index (κ2) is 6.91. The summed E-state index contributed by atoms with van der Waals surface area (Å²) in [4.78, 5) is 3.52. The first-order valence-corrected chi connectivity index (χ1v) is 7.45. The van der Waals surface area contributed by atoms with Crippen molar-refractivity contribution in [1.29, 1.82) is 0 Å². The molecule has 0 aromatic heterocycles. The number of quaternary nitrogens is 2. The summed E-state index contributed by atoms with van der Waals surface area (Å²) < 4.78 is 0. The predicted molar refractivity (Wildman–Crippen MR) is 76.3 cm³/mol. The van der Waals surface area contributed by atoms with Crippen molar-refractivity contribution in [1.82, 2.24) is 0 Å². The number of nitrogens with one attached hydrogen (secondary N) is 2. The van der Waals surface area contributed by atoms with Gasteiger partial charge in [0.2, 0.25) is 0 Å². The lowest BCUT2D eigenvalue weighted by Gasteiger charge is -2.19. The molecule has 1 aromatic rings. The Morgan fingerprint density at radius 2 is 1.83 bits per heavy atom. The first-order valence-electron chi connectivity index (χ1n) is 7.45. The summed E-state index contributed by atoms with van der Waals surface area (Å²) in [6, 6.07) is 10.9. The molecule has 2 N–H and O–H groups in total. The van der Waals surface area contributed by atoms with E-state index in [0.717, 1.165) is 0 Å². The highest BCUT2D eigenvalue weighted by molar-refractivity contribution is 5.18. The third-order valence-electron chi connectivity index (χ3n) is 4.34. The number of hydrogen-bond acceptors (Lipinski definition) is 0. The maximum atomic E-state index is 2.37. The fraction of sp³-hybridized carbons (Fsp3) is 0.625. The van der Waals surface area contributed by atoms with E-state index in [1.807, 2.05) is 4.90 Å². The molecule has 2 nitrogen and oxygen atoms in total. The van der Waals surface area contributed by atoms with Crippen molar-refractivity contribution < 1.29 is 9.80 Å². The Kier molecular flexibility index (Phi) is 5.21. The van der Waals surface area contributed by atoms with Crippen molar-refractivity contribution in [3.05, 3.63) is 35.9 Å². The summed E-state index contributed by atoms with van der Waals surface area (Å²) in [5, 5.41) is 0. The molecule has 2 rings (SSSR count). The molecule has 0 spiro atoms. The van der Waals surface area contributed by atoms with E-state index in [1.165, 1.54) is 51.1 Å². The van der Waals surface area contributed by atoms with Gasteiger partial charge >= 0.3 is 0 Å². The zero-order valence-corrected chi connectivity index (χ0v) is 11.9. The van der Waals surface area contributed by atoms with Crippen LogP contribution in [-0.2, 0) is 0 Å². The average molecular weight is 248 g/mol. The Bertz CT molecular complexity index is 336. The Hall–Kier alpha value is -0.860. The maximum absolute atomic E-state index is 2.37. The molecule has 0 aliphatic carbocycles. The lowest BCUT2D eigenvalue weighted by atomic mass is 9.98. The minimum atomic E-state index is 0.701. The highest BCUT2D eigenvalue weighted by Crippen LogP contribution is 2.16. The molecule has 0 bridgehead atoms. The van der Waals surface area contributed by atoms with Crippen LogP contribution in [-0.4, -0.2) is 39.8 Å². The standard InChI is InChI=1S/C16H26N2/c1-15(16-7-4-3-5-8-16)9-12-18-11-6-10-17(2)13-14-18/h3-5,7-8,15H,6,9-14H2,1-2H3/p+2/t15-/m0/s1. The maximum Gasteiger partial charge on any atom is 0.127 e. The van der Waals surface area contributed by atoms with Crippen molar-refractivity contribution in [3.63, 3.8) is 0 Å². The van der Waals surface area contributed by atoms with Gasteiger partial charge in [-0.15, -0.1) is 0 Å². The van der Waals surface area contributed by atoms with Gasteiger partial charge in [-0.25, -0.2) is 0 Å². The zero-order chi connectivity index (χ0) is 12.8. The number of rotatable bonds is 4. The summed E-state index contributed by atoms with van der Waals surface area (Å²) in [6.07, 6.45) is 2.71. The van der Waals surface area contributed by atoms with E-state index >= 15 is 0 Å². The van der Waals surface area contributed by atoms with Gasteiger partial charge in [-0.1, -0.05) is 37.3 Å². The molecule has 3 atom stereocenters. The molecule has 1 heterocycles. The monoisotopic (exact) mass is 248 g/mol. The summed E-state index contributed by atoms with van der Waals surface area (Å²) >= 11 is 0. The van der Waals surface area contributed by atoms with E-state index in [2.05, 4.69) is 44.3 Å². The van der Waals surface area contributed by atoms with E-state index in [-0.39, 0.29) is 0 Å². The summed E-state index contributed by atoms with van der Waals surface area (Å²) in [7, 11) is 2.33. The SMILES string of the molecule is C[C@@H](CC[NH+]1CCC[NH+](C)CC1)c1ccccc1. The number of likely N-dealkylation sites (N-methyl/N-ethyl adjacent to an activating group) is 1. The normalized spacial score (nSPS) is 26.6. The van der Waals surface area contributed by atoms with Gasteiger partial charge in [0.05, 0.1) is 26.7 Å². The van der Waals surface area contributed by atoms with Crippen LogP contribution in [0.3, 0.4) is 0 Å². The minimum absolute atomic E-state index is 0.701. The molecule has 0 amide bonds. The average Bonchev–Trinajstić information content (AvgIpc) is 2.62. The van der Waals surface area contributed by atoms with Gasteiger partial charge in [-0.3, -0.25) is 0 Å². The molecule has 100 valence electrons. The summed E-state index contributed by atoms with van der Waals surface area (Å²) in [5.74, 6) is 0.701. The van der Waals surface area contributed by atoms with Crippen molar-refractivity contribution in [2.24, 2.45) is 0 Å². The molecule has 0 saturated carbocycles. The molecule has 1 fully saturated rings. The molecule has 1 aliphatic heterocycles. The highest BCUT2D eigenvalue weighted by atomic mass is 15.2. The molecule has 2 heteroatoms. The largest absolute Gasteiger partial charge is 0.333 e. The lowest BCUT2D eigenvalue weighted by Crippen LogP contribution is -3.16. The molecular formula is C16H28N2+2. The minimum Gasteiger partial charge on any atom is -0.333 e. The van der Waals surface area contributed by atoms with Gasteiger partial charge < -0.3 is 9.80 Å². The molecule has 0 radical (unpaired) electrons. The van der Waals surface area contributed by atoms with Crippen LogP contribution in [0.1, 0.15) is 31.2 Å². The Morgan fingerprint density at radius 3 is 2.61 bits per heavy atom. The molecular weight excluding hydrogens is 220 g/mol. The first-order chi connectivity index (χ1) is 8.75. The third kappa shape index (κ3) is 4.11. The van der Waals surface area contributed by atoms with Crippen LogP contribution in [0.2, 0.25) is 0 Å². The van der Waals surface area contributed by atoms with Crippen molar-refractivity contribution in [2.45, 2.75) is 25.7 Å². The second-order valence-corrected chi connectivity index (χ2v) is 5.91. The van der Waals surface area contributed by atoms with Gasteiger partial charge in [0.1, 0.15) is 13.1 Å². The molecule has 18 heavy (non-hydrogen) atoms. The Labute approximate surface area is 112 Å². The zero-order valence-electron chi connectivity index (χ0n) is 11.9. The number of benzene rings is 1. The van der Waals surface area contributed by atoms with E-state index in [4.69, 9.17) is 0 Å². The van der Waals surface area contributed by atoms with Crippen molar-refractivity contribution >= 4 is 0 Å². The van der Waals surface area contributed by atoms with E-state index < -0.39 is 0 Å². The van der Waals surface area contributed by atoms with Gasteiger partial charge in [-0.05, 0) is 11.5 Å². The lowest BCUT2D eigenvalue weighted by molar-refractivity contribution is -0.930. The van der Waals surface area contributed by atoms with Gasteiger partial charge in [0.25, 0.3) is 0 Å². The molecule has 1 aliphatic rings. The van der Waals surface area contributed by atoms with E-state index in [0.29, 0.717) is 5.92 Å². The highest BCUT2D eigenvalue weighted by Gasteiger charge is 2.18. The molecule has 2 unspecified atom stereocenters. The fourth-order valence-electron chi connectivity index (χ4n) is 2.90. The Balaban J connectivity index is 1.77. The van der Waals surface area contributed by atoms with Crippen LogP contribution >= 0.6 is 0 Å². The first kappa shape index (κ1) is 13.6. The summed E-state index contributed by atoms with van der Waals surface area (Å²) in [5.41, 5.74) is 1.49. The van der Waals surface area contributed by atoms with Crippen molar-refractivity contribution in [2.75, 3.05) is 39.8 Å². The predicted octanol–water partition coefficient (Wildman–Crippen LogP) is -0.0165. The van der Waals surface area contributed by atoms with Gasteiger partial charge in [-0.2, -0.15) is 0 Å². The van der Waals surface area contributed by atoms with Crippen LogP contribution in [0.5, 0.6) is 0 Å². The third-order valence-corrected chi connectivity index (χ3v) is 4.34. The van der Waals surface area contributed by atoms with Gasteiger partial charge in [0, 0.05) is 12.8 Å². The topological polar surface area (TPSA) is 8.88 Å². The van der Waals surface area contributed by atoms with E-state index in [9.17, 15) is 0 Å². The fourth-order valence-corrected chi connectivity index (χ4v) is 2.90. The summed E-state index contributed by atoms with van der Waals surface area (Å²) in [6.45, 7) is 9.13. The van der Waals surface area contributed by atoms with Crippen LogP contribution in [0.15, 0.2) is 30.3 Å². The van der Waals surface area contributed by atoms with Crippen molar-refractivity contribution in [3.8, 4) is 0 Å². The molecule has 1 saturated heterocycles. The number of hydrogen-bond donors (Lipinski definition) is 2. The Morgan fingerprint density at radius 1 is 1.06 bits per heavy atom.